The van der Waals surface area contributed by atoms with Crippen LogP contribution in [0.25, 0.3) is 0 Å². The van der Waals surface area contributed by atoms with E-state index < -0.39 is 0 Å². The average Bonchev–Trinajstić information content (AvgIpc) is 2.20. The number of rotatable bonds is 0. The van der Waals surface area contributed by atoms with Crippen LogP contribution < -0.4 is 5.73 Å². The predicted octanol–water partition coefficient (Wildman–Crippen LogP) is 2.26. The highest BCUT2D eigenvalue weighted by Gasteiger charge is 2.12. The van der Waals surface area contributed by atoms with Gasteiger partial charge in [0.1, 0.15) is 0 Å². The van der Waals surface area contributed by atoms with E-state index in [1.165, 1.54) is 5.56 Å². The van der Waals surface area contributed by atoms with Gasteiger partial charge in [0.2, 0.25) is 0 Å². The highest BCUT2D eigenvalue weighted by molar-refractivity contribution is 5.84. The van der Waals surface area contributed by atoms with E-state index >= 15 is 0 Å². The average molecular weight is 174 g/mol. The maximum atomic E-state index is 5.79. The van der Waals surface area contributed by atoms with Gasteiger partial charge >= 0.3 is 0 Å². The smallest absolute Gasteiger partial charge is 0.0999 e. The van der Waals surface area contributed by atoms with Crippen LogP contribution in [-0.4, -0.2) is 5.84 Å². The Hall–Kier alpha value is -1.31. The van der Waals surface area contributed by atoms with Crippen LogP contribution in [0.4, 0.5) is 5.69 Å². The van der Waals surface area contributed by atoms with Crippen molar-refractivity contribution < 1.29 is 0 Å². The summed E-state index contributed by atoms with van der Waals surface area (Å²) < 4.78 is 0. The molecule has 1 aliphatic heterocycles. The lowest BCUT2D eigenvalue weighted by Crippen LogP contribution is -2.14. The van der Waals surface area contributed by atoms with Crippen LogP contribution >= 0.6 is 0 Å². The first kappa shape index (κ1) is 8.30. The minimum Gasteiger partial charge on any atom is -0.387 e. The maximum absolute atomic E-state index is 5.79. The van der Waals surface area contributed by atoms with Crippen LogP contribution in [-0.2, 0) is 6.42 Å². The number of nitrogens with two attached hydrogens (primary N) is 1. The molecule has 0 fully saturated rings. The van der Waals surface area contributed by atoms with E-state index in [0.717, 1.165) is 24.4 Å². The van der Waals surface area contributed by atoms with Gasteiger partial charge in [-0.05, 0) is 24.0 Å². The molecule has 0 aliphatic carbocycles. The molecule has 13 heavy (non-hydrogen) atoms. The molecule has 0 aromatic heterocycles. The number of hydrogen-bond donors (Lipinski definition) is 1. The third-order valence-electron chi connectivity index (χ3n) is 2.38. The standard InChI is InChI=1S/C11H14N2/c1-8-6-9-4-2-3-5-10(9)13-11(12)7-8/h2-5,8H,6-7H2,1H3,(H2,12,13). The van der Waals surface area contributed by atoms with E-state index in [2.05, 4.69) is 24.0 Å². The molecule has 2 N–H and O–H groups in total. The Morgan fingerprint density at radius 3 is 2.92 bits per heavy atom. The summed E-state index contributed by atoms with van der Waals surface area (Å²) in [5, 5.41) is 0. The van der Waals surface area contributed by atoms with Crippen LogP contribution in [0, 0.1) is 5.92 Å². The second kappa shape index (κ2) is 3.21. The molecular weight excluding hydrogens is 160 g/mol. The number of nitrogens with zero attached hydrogens (tertiary/aromatic N) is 1. The van der Waals surface area contributed by atoms with Gasteiger partial charge in [-0.3, -0.25) is 0 Å². The van der Waals surface area contributed by atoms with Gasteiger partial charge in [0.05, 0.1) is 11.5 Å². The molecular formula is C11H14N2. The van der Waals surface area contributed by atoms with E-state index in [1.54, 1.807) is 0 Å². The molecule has 1 aromatic rings. The van der Waals surface area contributed by atoms with Crippen LogP contribution in [0.5, 0.6) is 0 Å². The number of aliphatic imine (C=N–C) groups is 1. The van der Waals surface area contributed by atoms with Gasteiger partial charge in [-0.1, -0.05) is 25.1 Å². The molecule has 0 spiro atoms. The van der Waals surface area contributed by atoms with E-state index in [0.29, 0.717) is 5.92 Å². The molecule has 2 heteroatoms. The van der Waals surface area contributed by atoms with Crippen molar-refractivity contribution >= 4 is 11.5 Å². The highest BCUT2D eigenvalue weighted by atomic mass is 14.9. The van der Waals surface area contributed by atoms with E-state index in [4.69, 9.17) is 5.73 Å². The van der Waals surface area contributed by atoms with Crippen molar-refractivity contribution in [3.05, 3.63) is 29.8 Å². The van der Waals surface area contributed by atoms with Crippen LogP contribution in [0.15, 0.2) is 29.3 Å². The Kier molecular flexibility index (Phi) is 2.05. The summed E-state index contributed by atoms with van der Waals surface area (Å²) in [7, 11) is 0. The van der Waals surface area contributed by atoms with Crippen LogP contribution in [0.1, 0.15) is 18.9 Å². The molecule has 1 atom stereocenters. The summed E-state index contributed by atoms with van der Waals surface area (Å²) in [6.45, 7) is 2.21. The lowest BCUT2D eigenvalue weighted by Gasteiger charge is -2.06. The molecule has 1 unspecified atom stereocenters. The summed E-state index contributed by atoms with van der Waals surface area (Å²) in [6.07, 6.45) is 2.00. The zero-order chi connectivity index (χ0) is 9.26. The molecule has 1 aromatic carbocycles. The monoisotopic (exact) mass is 174 g/mol. The first-order valence-electron chi connectivity index (χ1n) is 4.66. The van der Waals surface area contributed by atoms with Gasteiger partial charge in [0, 0.05) is 6.42 Å². The predicted molar refractivity (Wildman–Crippen MR) is 55.2 cm³/mol. The number of para-hydroxylation sites is 1. The van der Waals surface area contributed by atoms with Gasteiger partial charge in [-0.2, -0.15) is 0 Å². The van der Waals surface area contributed by atoms with E-state index in [9.17, 15) is 0 Å². The Balaban J connectivity index is 2.45. The van der Waals surface area contributed by atoms with Gasteiger partial charge in [-0.25, -0.2) is 4.99 Å². The quantitative estimate of drug-likeness (QED) is 0.643. The molecule has 0 radical (unpaired) electrons. The van der Waals surface area contributed by atoms with Crippen molar-refractivity contribution in [2.45, 2.75) is 19.8 Å². The topological polar surface area (TPSA) is 38.4 Å². The normalized spacial score (nSPS) is 21.6. The van der Waals surface area contributed by atoms with E-state index in [-0.39, 0.29) is 0 Å². The van der Waals surface area contributed by atoms with Crippen LogP contribution in [0.3, 0.4) is 0 Å². The van der Waals surface area contributed by atoms with Crippen molar-refractivity contribution in [3.8, 4) is 0 Å². The van der Waals surface area contributed by atoms with Crippen molar-refractivity contribution in [3.63, 3.8) is 0 Å². The Labute approximate surface area is 78.5 Å². The summed E-state index contributed by atoms with van der Waals surface area (Å²) in [5.74, 6) is 1.37. The zero-order valence-corrected chi connectivity index (χ0v) is 7.83. The van der Waals surface area contributed by atoms with Crippen molar-refractivity contribution in [1.82, 2.24) is 0 Å². The molecule has 68 valence electrons. The van der Waals surface area contributed by atoms with Gasteiger partial charge in [-0.15, -0.1) is 0 Å². The zero-order valence-electron chi connectivity index (χ0n) is 7.83. The third-order valence-corrected chi connectivity index (χ3v) is 2.38. The molecule has 0 bridgehead atoms. The summed E-state index contributed by atoms with van der Waals surface area (Å²) in [5.41, 5.74) is 8.15. The lowest BCUT2D eigenvalue weighted by molar-refractivity contribution is 0.610. The second-order valence-corrected chi connectivity index (χ2v) is 3.75. The SMILES string of the molecule is CC1CC(N)=Nc2ccccc2C1. The molecule has 0 saturated carbocycles. The summed E-state index contributed by atoms with van der Waals surface area (Å²) in [4.78, 5) is 4.38. The maximum Gasteiger partial charge on any atom is 0.0999 e. The molecule has 0 amide bonds. The first-order chi connectivity index (χ1) is 6.25. The van der Waals surface area contributed by atoms with Crippen LogP contribution in [0.2, 0.25) is 0 Å². The lowest BCUT2D eigenvalue weighted by atomic mass is 9.98. The Morgan fingerprint density at radius 1 is 1.31 bits per heavy atom. The van der Waals surface area contributed by atoms with Crippen molar-refractivity contribution in [2.75, 3.05) is 0 Å². The minimum absolute atomic E-state index is 0.604. The fraction of sp³-hybridized carbons (Fsp3) is 0.364. The van der Waals surface area contributed by atoms with E-state index in [1.807, 2.05) is 12.1 Å². The third kappa shape index (κ3) is 1.72. The van der Waals surface area contributed by atoms with Gasteiger partial charge in [0.25, 0.3) is 0 Å². The minimum atomic E-state index is 0.604. The first-order valence-corrected chi connectivity index (χ1v) is 4.66. The molecule has 0 saturated heterocycles. The summed E-state index contributed by atoms with van der Waals surface area (Å²) in [6, 6.07) is 8.22. The fourth-order valence-electron chi connectivity index (χ4n) is 1.80. The Bertz CT molecular complexity index is 342. The number of fused-ring (bicyclic) bond motifs is 1. The molecule has 1 aliphatic rings. The summed E-state index contributed by atoms with van der Waals surface area (Å²) >= 11 is 0. The highest BCUT2D eigenvalue weighted by Crippen LogP contribution is 2.26. The number of amidine groups is 1. The van der Waals surface area contributed by atoms with Gasteiger partial charge < -0.3 is 5.73 Å². The molecule has 2 rings (SSSR count). The second-order valence-electron chi connectivity index (χ2n) is 3.75. The fourth-order valence-corrected chi connectivity index (χ4v) is 1.80. The van der Waals surface area contributed by atoms with Crippen molar-refractivity contribution in [2.24, 2.45) is 16.6 Å². The van der Waals surface area contributed by atoms with Crippen molar-refractivity contribution in [1.29, 1.82) is 0 Å². The Morgan fingerprint density at radius 2 is 2.08 bits per heavy atom. The number of hydrogen-bond acceptors (Lipinski definition) is 2. The molecule has 2 nitrogen and oxygen atoms in total. The molecule has 1 heterocycles. The largest absolute Gasteiger partial charge is 0.387 e. The van der Waals surface area contributed by atoms with Gasteiger partial charge in [0.15, 0.2) is 0 Å². The number of benzene rings is 1.